The van der Waals surface area contributed by atoms with Crippen LogP contribution < -0.4 is 10.2 Å². The third kappa shape index (κ3) is 4.55. The quantitative estimate of drug-likeness (QED) is 0.874. The molecule has 3 heterocycles. The molecule has 1 atom stereocenters. The molecule has 1 amide bonds. The molecule has 1 aliphatic heterocycles. The second kappa shape index (κ2) is 8.26. The molecule has 0 bridgehead atoms. The van der Waals surface area contributed by atoms with Crippen LogP contribution in [0.1, 0.15) is 22.3 Å². The van der Waals surface area contributed by atoms with Crippen molar-refractivity contribution in [3.8, 4) is 0 Å². The summed E-state index contributed by atoms with van der Waals surface area (Å²) in [6, 6.07) is 8.01. The van der Waals surface area contributed by atoms with Crippen LogP contribution in [0.25, 0.3) is 0 Å². The van der Waals surface area contributed by atoms with E-state index in [0.717, 1.165) is 38.4 Å². The second-order valence-electron chi connectivity index (χ2n) is 6.10. The fraction of sp³-hybridized carbons (Fsp3) is 0.444. The normalized spacial score (nSPS) is 16.0. The summed E-state index contributed by atoms with van der Waals surface area (Å²) in [4.78, 5) is 20.2. The number of amides is 1. The Balaban J connectivity index is 1.54. The number of hydrogen-bond donors (Lipinski definition) is 1. The zero-order valence-electron chi connectivity index (χ0n) is 13.9. The summed E-state index contributed by atoms with van der Waals surface area (Å²) in [5.41, 5.74) is 1.51. The Morgan fingerprint density at radius 3 is 3.00 bits per heavy atom. The van der Waals surface area contributed by atoms with Crippen LogP contribution in [0, 0.1) is 5.92 Å². The van der Waals surface area contributed by atoms with Gasteiger partial charge in [-0.05, 0) is 35.9 Å². The van der Waals surface area contributed by atoms with Crippen molar-refractivity contribution < 1.29 is 9.53 Å². The highest BCUT2D eigenvalue weighted by atomic mass is 32.1. The van der Waals surface area contributed by atoms with Crippen molar-refractivity contribution in [3.63, 3.8) is 0 Å². The number of thiophene rings is 1. The van der Waals surface area contributed by atoms with Crippen LogP contribution in [0.15, 0.2) is 35.8 Å². The van der Waals surface area contributed by atoms with Crippen LogP contribution in [-0.2, 0) is 11.2 Å². The second-order valence-corrected chi connectivity index (χ2v) is 7.13. The van der Waals surface area contributed by atoms with Gasteiger partial charge in [-0.15, -0.1) is 11.3 Å². The summed E-state index contributed by atoms with van der Waals surface area (Å²) in [6.07, 6.45) is 2.69. The molecule has 2 aromatic heterocycles. The van der Waals surface area contributed by atoms with Crippen molar-refractivity contribution >= 4 is 22.9 Å². The Morgan fingerprint density at radius 1 is 1.42 bits per heavy atom. The van der Waals surface area contributed by atoms with E-state index in [4.69, 9.17) is 4.74 Å². The first-order chi connectivity index (χ1) is 11.7. The van der Waals surface area contributed by atoms with Gasteiger partial charge in [0, 0.05) is 36.4 Å². The highest BCUT2D eigenvalue weighted by Gasteiger charge is 2.15. The van der Waals surface area contributed by atoms with Crippen LogP contribution >= 0.6 is 11.3 Å². The fourth-order valence-electron chi connectivity index (χ4n) is 2.76. The molecule has 3 rings (SSSR count). The molecule has 2 aromatic rings. The summed E-state index contributed by atoms with van der Waals surface area (Å²) < 4.78 is 5.37. The van der Waals surface area contributed by atoms with Crippen LogP contribution in [0.5, 0.6) is 0 Å². The summed E-state index contributed by atoms with van der Waals surface area (Å²) >= 11 is 1.76. The number of hydrogen-bond acceptors (Lipinski definition) is 5. The van der Waals surface area contributed by atoms with Gasteiger partial charge >= 0.3 is 0 Å². The minimum atomic E-state index is -0.108. The topological polar surface area (TPSA) is 54.5 Å². The number of nitrogens with one attached hydrogen (secondary N) is 1. The van der Waals surface area contributed by atoms with E-state index in [0.29, 0.717) is 18.2 Å². The van der Waals surface area contributed by atoms with E-state index in [1.165, 1.54) is 4.88 Å². The van der Waals surface area contributed by atoms with Crippen molar-refractivity contribution in [1.29, 1.82) is 0 Å². The molecule has 0 spiro atoms. The lowest BCUT2D eigenvalue weighted by Gasteiger charge is -2.28. The van der Waals surface area contributed by atoms with Crippen molar-refractivity contribution in [2.24, 2.45) is 5.92 Å². The Labute approximate surface area is 146 Å². The lowest BCUT2D eigenvalue weighted by atomic mass is 10.1. The molecule has 1 aliphatic rings. The van der Waals surface area contributed by atoms with E-state index in [-0.39, 0.29) is 5.91 Å². The van der Waals surface area contributed by atoms with E-state index in [1.807, 2.05) is 12.1 Å². The van der Waals surface area contributed by atoms with E-state index < -0.39 is 0 Å². The molecule has 0 aromatic carbocycles. The van der Waals surface area contributed by atoms with Crippen LogP contribution in [0.4, 0.5) is 5.69 Å². The predicted octanol–water partition coefficient (Wildman–Crippen LogP) is 2.59. The molecule has 128 valence electrons. The number of aromatic nitrogens is 1. The number of carbonyl (C=O) groups is 1. The summed E-state index contributed by atoms with van der Waals surface area (Å²) in [5.74, 6) is 0.290. The van der Waals surface area contributed by atoms with Gasteiger partial charge in [-0.25, -0.2) is 0 Å². The first kappa shape index (κ1) is 16.9. The number of pyridine rings is 1. The lowest BCUT2D eigenvalue weighted by molar-refractivity contribution is 0.0943. The maximum Gasteiger partial charge on any atom is 0.269 e. The van der Waals surface area contributed by atoms with Crippen molar-refractivity contribution in [2.45, 2.75) is 13.3 Å². The van der Waals surface area contributed by atoms with Crippen molar-refractivity contribution in [3.05, 3.63) is 46.4 Å². The molecular weight excluding hydrogens is 322 g/mol. The maximum atomic E-state index is 12.4. The average molecular weight is 345 g/mol. The Hall–Kier alpha value is -1.92. The zero-order chi connectivity index (χ0) is 16.8. The highest BCUT2D eigenvalue weighted by molar-refractivity contribution is 7.09. The molecule has 1 N–H and O–H groups in total. The number of carbonyl (C=O) groups excluding carboxylic acids is 1. The molecule has 5 nitrogen and oxygen atoms in total. The smallest absolute Gasteiger partial charge is 0.269 e. The van der Waals surface area contributed by atoms with Gasteiger partial charge in [0.15, 0.2) is 0 Å². The van der Waals surface area contributed by atoms with Gasteiger partial charge in [0.1, 0.15) is 5.69 Å². The number of morpholine rings is 1. The SMILES string of the molecule is C[C@H](CNC(=O)c1cc(N2CCOCC2)ccn1)Cc1cccs1. The van der Waals surface area contributed by atoms with E-state index in [2.05, 4.69) is 39.6 Å². The minimum absolute atomic E-state index is 0.108. The number of rotatable bonds is 6. The highest BCUT2D eigenvalue weighted by Crippen LogP contribution is 2.16. The molecule has 0 unspecified atom stereocenters. The van der Waals surface area contributed by atoms with Gasteiger partial charge in [-0.1, -0.05) is 13.0 Å². The monoisotopic (exact) mass is 345 g/mol. The van der Waals surface area contributed by atoms with E-state index in [9.17, 15) is 4.79 Å². The standard InChI is InChI=1S/C18H23N3O2S/c1-14(11-16-3-2-10-24-16)13-20-18(22)17-12-15(4-5-19-17)21-6-8-23-9-7-21/h2-5,10,12,14H,6-9,11,13H2,1H3,(H,20,22)/t14-/m0/s1. The van der Waals surface area contributed by atoms with Gasteiger partial charge in [-0.3, -0.25) is 9.78 Å². The van der Waals surface area contributed by atoms with Gasteiger partial charge < -0.3 is 15.0 Å². The van der Waals surface area contributed by atoms with Crippen molar-refractivity contribution in [1.82, 2.24) is 10.3 Å². The molecule has 0 radical (unpaired) electrons. The molecule has 24 heavy (non-hydrogen) atoms. The lowest BCUT2D eigenvalue weighted by Crippen LogP contribution is -2.36. The molecule has 1 saturated heterocycles. The van der Waals surface area contributed by atoms with Crippen molar-refractivity contribution in [2.75, 3.05) is 37.7 Å². The largest absolute Gasteiger partial charge is 0.378 e. The first-order valence-corrected chi connectivity index (χ1v) is 9.19. The van der Waals surface area contributed by atoms with Crippen LogP contribution in [0.2, 0.25) is 0 Å². The van der Waals surface area contributed by atoms with Crippen LogP contribution in [-0.4, -0.2) is 43.7 Å². The van der Waals surface area contributed by atoms with Gasteiger partial charge in [0.05, 0.1) is 13.2 Å². The van der Waals surface area contributed by atoms with Gasteiger partial charge in [0.25, 0.3) is 5.91 Å². The molecule has 0 aliphatic carbocycles. The summed E-state index contributed by atoms with van der Waals surface area (Å²) in [7, 11) is 0. The number of nitrogens with zero attached hydrogens (tertiary/aromatic N) is 2. The first-order valence-electron chi connectivity index (χ1n) is 8.31. The predicted molar refractivity (Wildman–Crippen MR) is 96.8 cm³/mol. The van der Waals surface area contributed by atoms with E-state index in [1.54, 1.807) is 17.5 Å². The Bertz CT molecular complexity index is 654. The summed E-state index contributed by atoms with van der Waals surface area (Å²) in [6.45, 7) is 5.96. The zero-order valence-corrected chi connectivity index (χ0v) is 14.7. The minimum Gasteiger partial charge on any atom is -0.378 e. The summed E-state index contributed by atoms with van der Waals surface area (Å²) in [5, 5.41) is 5.09. The van der Waals surface area contributed by atoms with Gasteiger partial charge in [0.2, 0.25) is 0 Å². The van der Waals surface area contributed by atoms with E-state index >= 15 is 0 Å². The third-order valence-electron chi connectivity index (χ3n) is 4.09. The average Bonchev–Trinajstić information content (AvgIpc) is 3.13. The van der Waals surface area contributed by atoms with Gasteiger partial charge in [-0.2, -0.15) is 0 Å². The number of anilines is 1. The molecule has 6 heteroatoms. The maximum absolute atomic E-state index is 12.4. The fourth-order valence-corrected chi connectivity index (χ4v) is 3.63. The molecule has 1 fully saturated rings. The molecule has 0 saturated carbocycles. The number of ether oxygens (including phenoxy) is 1. The Kier molecular flexibility index (Phi) is 5.82. The third-order valence-corrected chi connectivity index (χ3v) is 4.99. The molecular formula is C18H23N3O2S. The Morgan fingerprint density at radius 2 is 2.25 bits per heavy atom. The van der Waals surface area contributed by atoms with Crippen LogP contribution in [0.3, 0.4) is 0 Å².